The summed E-state index contributed by atoms with van der Waals surface area (Å²) in [5, 5.41) is 8.03. The van der Waals surface area contributed by atoms with Crippen LogP contribution in [0.2, 0.25) is 0 Å². The van der Waals surface area contributed by atoms with E-state index in [9.17, 15) is 0 Å². The van der Waals surface area contributed by atoms with Crippen LogP contribution in [0, 0.1) is 0 Å². The Morgan fingerprint density at radius 1 is 0.640 bits per heavy atom. The van der Waals surface area contributed by atoms with Crippen molar-refractivity contribution in [2.75, 3.05) is 12.4 Å². The van der Waals surface area contributed by atoms with Gasteiger partial charge in [0.05, 0.1) is 11.4 Å². The molecule has 3 nitrogen and oxygen atoms in total. The second kappa shape index (κ2) is 6.65. The zero-order valence-corrected chi connectivity index (χ0v) is 14.0. The molecule has 0 amide bonds. The highest BCUT2D eigenvalue weighted by molar-refractivity contribution is 6.14. The predicted molar refractivity (Wildman–Crippen MR) is 104 cm³/mol. The van der Waals surface area contributed by atoms with Gasteiger partial charge in [-0.15, -0.1) is 0 Å². The fourth-order valence-electron chi connectivity index (χ4n) is 2.88. The van der Waals surface area contributed by atoms with Gasteiger partial charge in [-0.3, -0.25) is 0 Å². The third-order valence-electron chi connectivity index (χ3n) is 4.16. The van der Waals surface area contributed by atoms with Crippen LogP contribution in [-0.2, 0) is 0 Å². The van der Waals surface area contributed by atoms with Crippen molar-refractivity contribution in [2.24, 2.45) is 4.99 Å². The van der Waals surface area contributed by atoms with E-state index in [-0.39, 0.29) is 0 Å². The van der Waals surface area contributed by atoms with Crippen molar-refractivity contribution in [3.05, 3.63) is 102 Å². The molecule has 0 unspecified atom stereocenters. The van der Waals surface area contributed by atoms with Crippen LogP contribution in [0.1, 0.15) is 16.7 Å². The summed E-state index contributed by atoms with van der Waals surface area (Å²) < 4.78 is 0. The Morgan fingerprint density at radius 2 is 1.24 bits per heavy atom. The van der Waals surface area contributed by atoms with Gasteiger partial charge < -0.3 is 5.32 Å². The largest absolute Gasteiger partial charge is 0.388 e. The van der Waals surface area contributed by atoms with Gasteiger partial charge in [-0.1, -0.05) is 72.8 Å². The molecule has 1 heterocycles. The summed E-state index contributed by atoms with van der Waals surface area (Å²) in [6.07, 6.45) is 0. The van der Waals surface area contributed by atoms with Crippen LogP contribution in [0.4, 0.5) is 5.69 Å². The molecule has 3 heteroatoms. The number of nitrogens with one attached hydrogen (secondary N) is 1. The van der Waals surface area contributed by atoms with Gasteiger partial charge >= 0.3 is 0 Å². The summed E-state index contributed by atoms with van der Waals surface area (Å²) in [6.45, 7) is 0. The molecule has 0 aromatic heterocycles. The first-order valence-electron chi connectivity index (χ1n) is 8.29. The summed E-state index contributed by atoms with van der Waals surface area (Å²) >= 11 is 0. The Kier molecular flexibility index (Phi) is 4.05. The fourth-order valence-corrected chi connectivity index (χ4v) is 2.88. The van der Waals surface area contributed by atoms with Crippen molar-refractivity contribution < 1.29 is 0 Å². The minimum atomic E-state index is 0.745. The lowest BCUT2D eigenvalue weighted by Crippen LogP contribution is -2.11. The molecule has 1 N–H and O–H groups in total. The van der Waals surface area contributed by atoms with Crippen LogP contribution < -0.4 is 10.6 Å². The number of rotatable bonds is 4. The average Bonchev–Trinajstić information content (AvgIpc) is 3.15. The molecule has 3 aromatic carbocycles. The fraction of sp³-hybridized carbons (Fsp3) is 0.0455. The van der Waals surface area contributed by atoms with Crippen molar-refractivity contribution in [1.29, 1.82) is 0 Å². The number of aliphatic imine (C=N–C) groups is 1. The van der Waals surface area contributed by atoms with Crippen molar-refractivity contribution in [1.82, 2.24) is 5.32 Å². The first-order valence-corrected chi connectivity index (χ1v) is 8.29. The smallest absolute Gasteiger partial charge is 0.160 e. The second-order valence-electron chi connectivity index (χ2n) is 5.81. The first kappa shape index (κ1) is 15.2. The maximum atomic E-state index is 4.86. The van der Waals surface area contributed by atoms with E-state index < -0.39 is 0 Å². The summed E-state index contributed by atoms with van der Waals surface area (Å²) in [5.74, 6) is 0.745. The Bertz CT molecular complexity index is 941. The molecule has 4 rings (SSSR count). The molecule has 3 aromatic rings. The van der Waals surface area contributed by atoms with Gasteiger partial charge in [0.15, 0.2) is 5.84 Å². The van der Waals surface area contributed by atoms with Gasteiger partial charge in [0.25, 0.3) is 0 Å². The second-order valence-corrected chi connectivity index (χ2v) is 5.81. The Morgan fingerprint density at radius 3 is 1.88 bits per heavy atom. The Hall–Kier alpha value is -3.33. The average molecular weight is 324 g/mol. The third-order valence-corrected chi connectivity index (χ3v) is 4.16. The molecular formula is C22H18N3. The Balaban J connectivity index is 1.80. The molecule has 0 fully saturated rings. The highest BCUT2D eigenvalue weighted by Crippen LogP contribution is 2.32. The highest BCUT2D eigenvalue weighted by Gasteiger charge is 2.23. The lowest BCUT2D eigenvalue weighted by atomic mass is 10.1. The standard InChI is InChI=1S/C22H18N3/c1-23-19-14-8-13-18(15-19)22-24-20(16-9-4-2-5-10-16)21(25-22)17-11-6-3-7-12-17/h2-15,23H,1H3. The number of amidine groups is 1. The van der Waals surface area contributed by atoms with Crippen LogP contribution in [0.15, 0.2) is 89.9 Å². The zero-order chi connectivity index (χ0) is 17.1. The number of anilines is 1. The van der Waals surface area contributed by atoms with E-state index in [1.807, 2.05) is 61.6 Å². The molecule has 0 spiro atoms. The number of nitrogens with zero attached hydrogens (tertiary/aromatic N) is 2. The van der Waals surface area contributed by atoms with Crippen molar-refractivity contribution in [2.45, 2.75) is 0 Å². The van der Waals surface area contributed by atoms with Crippen molar-refractivity contribution in [3.8, 4) is 0 Å². The number of benzene rings is 3. The molecule has 0 atom stereocenters. The van der Waals surface area contributed by atoms with E-state index in [4.69, 9.17) is 10.3 Å². The number of hydrogen-bond acceptors (Lipinski definition) is 2. The quantitative estimate of drug-likeness (QED) is 0.747. The lowest BCUT2D eigenvalue weighted by Gasteiger charge is -2.07. The molecule has 0 saturated heterocycles. The highest BCUT2D eigenvalue weighted by atomic mass is 15.1. The van der Waals surface area contributed by atoms with Gasteiger partial charge in [-0.25, -0.2) is 10.3 Å². The van der Waals surface area contributed by atoms with Crippen LogP contribution in [0.25, 0.3) is 11.4 Å². The normalized spacial score (nSPS) is 13.4. The number of hydrogen-bond donors (Lipinski definition) is 1. The van der Waals surface area contributed by atoms with Gasteiger partial charge in [-0.2, -0.15) is 0 Å². The summed E-state index contributed by atoms with van der Waals surface area (Å²) in [5.41, 5.74) is 6.03. The first-order chi connectivity index (χ1) is 12.3. The van der Waals surface area contributed by atoms with E-state index in [2.05, 4.69) is 35.6 Å². The topological polar surface area (TPSA) is 38.5 Å². The summed E-state index contributed by atoms with van der Waals surface area (Å²) in [4.78, 5) is 4.86. The third kappa shape index (κ3) is 3.04. The predicted octanol–water partition coefficient (Wildman–Crippen LogP) is 4.62. The zero-order valence-electron chi connectivity index (χ0n) is 14.0. The van der Waals surface area contributed by atoms with Crippen molar-refractivity contribution >= 4 is 22.9 Å². The molecular weight excluding hydrogens is 306 g/mol. The molecule has 0 saturated carbocycles. The van der Waals surface area contributed by atoms with Gasteiger partial charge in [0.1, 0.15) is 0 Å². The Labute approximate surface area is 147 Å². The molecule has 25 heavy (non-hydrogen) atoms. The SMILES string of the molecule is CNc1cccc(C2=NC(c3ccccc3)=C(c3ccccc3)[N]2)c1. The molecule has 0 bridgehead atoms. The van der Waals surface area contributed by atoms with Crippen molar-refractivity contribution in [3.63, 3.8) is 0 Å². The monoisotopic (exact) mass is 324 g/mol. The molecule has 1 aliphatic rings. The minimum absolute atomic E-state index is 0.745. The van der Waals surface area contributed by atoms with Gasteiger partial charge in [-0.05, 0) is 12.1 Å². The maximum Gasteiger partial charge on any atom is 0.160 e. The van der Waals surface area contributed by atoms with Crippen LogP contribution in [-0.4, -0.2) is 12.9 Å². The van der Waals surface area contributed by atoms with E-state index in [0.717, 1.165) is 39.6 Å². The van der Waals surface area contributed by atoms with E-state index in [0.29, 0.717) is 0 Å². The van der Waals surface area contributed by atoms with Gasteiger partial charge in [0.2, 0.25) is 0 Å². The maximum absolute atomic E-state index is 4.86. The minimum Gasteiger partial charge on any atom is -0.388 e. The van der Waals surface area contributed by atoms with E-state index in [1.165, 1.54) is 0 Å². The van der Waals surface area contributed by atoms with E-state index in [1.54, 1.807) is 0 Å². The van der Waals surface area contributed by atoms with Crippen LogP contribution >= 0.6 is 0 Å². The molecule has 1 aliphatic heterocycles. The van der Waals surface area contributed by atoms with Crippen LogP contribution in [0.3, 0.4) is 0 Å². The molecule has 121 valence electrons. The van der Waals surface area contributed by atoms with Gasteiger partial charge in [0, 0.05) is 29.4 Å². The van der Waals surface area contributed by atoms with Crippen LogP contribution in [0.5, 0.6) is 0 Å². The summed E-state index contributed by atoms with van der Waals surface area (Å²) in [7, 11) is 1.91. The molecule has 1 radical (unpaired) electrons. The summed E-state index contributed by atoms with van der Waals surface area (Å²) in [6, 6.07) is 28.6. The van der Waals surface area contributed by atoms with E-state index >= 15 is 0 Å². The lowest BCUT2D eigenvalue weighted by molar-refractivity contribution is 1.30. The molecule has 0 aliphatic carbocycles.